The highest BCUT2D eigenvalue weighted by molar-refractivity contribution is 8.00. The number of nitrogens with one attached hydrogen (secondary N) is 1. The number of carbonyl (C=O) groups excluding carboxylic acids is 1. The van der Waals surface area contributed by atoms with Gasteiger partial charge in [0, 0.05) is 0 Å². The molecular formula is C11H14N4O2S. The van der Waals surface area contributed by atoms with Crippen LogP contribution in [-0.2, 0) is 9.53 Å². The summed E-state index contributed by atoms with van der Waals surface area (Å²) < 4.78 is 5.22. The highest BCUT2D eigenvalue weighted by atomic mass is 32.2. The average molecular weight is 266 g/mol. The Bertz CT molecular complexity index is 561. The lowest BCUT2D eigenvalue weighted by Gasteiger charge is -2.19. The minimum atomic E-state index is -0.466. The molecule has 96 valence electrons. The van der Waals surface area contributed by atoms with E-state index in [1.807, 2.05) is 20.8 Å². The first-order valence-corrected chi connectivity index (χ1v) is 6.43. The molecule has 0 spiro atoms. The lowest BCUT2D eigenvalue weighted by Crippen LogP contribution is -2.24. The molecule has 0 radical (unpaired) electrons. The predicted octanol–water partition coefficient (Wildman–Crippen LogP) is 1.79. The van der Waals surface area contributed by atoms with Crippen LogP contribution in [0.15, 0.2) is 17.6 Å². The van der Waals surface area contributed by atoms with Crippen LogP contribution in [0.3, 0.4) is 0 Å². The van der Waals surface area contributed by atoms with Crippen molar-refractivity contribution in [3.8, 4) is 0 Å². The molecule has 0 saturated carbocycles. The second kappa shape index (κ2) is 4.93. The summed E-state index contributed by atoms with van der Waals surface area (Å²) in [5.41, 5.74) is 1.01. The number of rotatable bonds is 3. The second-order valence-corrected chi connectivity index (χ2v) is 5.65. The van der Waals surface area contributed by atoms with Gasteiger partial charge >= 0.3 is 5.97 Å². The first-order valence-electron chi connectivity index (χ1n) is 5.44. The third-order valence-electron chi connectivity index (χ3n) is 1.95. The highest BCUT2D eigenvalue weighted by Crippen LogP contribution is 2.22. The number of esters is 1. The Morgan fingerprint density at radius 2 is 2.22 bits per heavy atom. The molecule has 6 nitrogen and oxygen atoms in total. The first kappa shape index (κ1) is 12.8. The van der Waals surface area contributed by atoms with Crippen LogP contribution >= 0.6 is 11.8 Å². The van der Waals surface area contributed by atoms with E-state index in [1.165, 1.54) is 18.1 Å². The molecule has 0 fully saturated rings. The van der Waals surface area contributed by atoms with Crippen molar-refractivity contribution in [2.45, 2.75) is 31.4 Å². The average Bonchev–Trinajstić information content (AvgIpc) is 2.72. The van der Waals surface area contributed by atoms with Crippen molar-refractivity contribution in [1.29, 1.82) is 0 Å². The van der Waals surface area contributed by atoms with Crippen molar-refractivity contribution in [3.05, 3.63) is 12.5 Å². The minimum absolute atomic E-state index is 0.211. The Balaban J connectivity index is 2.02. The molecule has 1 N–H and O–H groups in total. The quantitative estimate of drug-likeness (QED) is 0.518. The van der Waals surface area contributed by atoms with Gasteiger partial charge in [-0.05, 0) is 20.8 Å². The third-order valence-corrected chi connectivity index (χ3v) is 2.91. The molecule has 2 heterocycles. The van der Waals surface area contributed by atoms with E-state index < -0.39 is 5.60 Å². The van der Waals surface area contributed by atoms with Gasteiger partial charge in [-0.15, -0.1) is 0 Å². The van der Waals surface area contributed by atoms with Crippen molar-refractivity contribution in [3.63, 3.8) is 0 Å². The Hall–Kier alpha value is -1.63. The number of fused-ring (bicyclic) bond motifs is 1. The number of carbonyl (C=O) groups is 1. The van der Waals surface area contributed by atoms with Gasteiger partial charge in [-0.1, -0.05) is 11.8 Å². The van der Waals surface area contributed by atoms with E-state index in [1.54, 1.807) is 6.20 Å². The molecule has 0 aliphatic carbocycles. The normalized spacial score (nSPS) is 11.7. The minimum Gasteiger partial charge on any atom is -0.459 e. The maximum absolute atomic E-state index is 11.6. The first-order chi connectivity index (χ1) is 8.46. The maximum atomic E-state index is 11.6. The molecule has 7 heteroatoms. The zero-order chi connectivity index (χ0) is 13.2. The van der Waals surface area contributed by atoms with Crippen LogP contribution in [0.4, 0.5) is 0 Å². The smallest absolute Gasteiger partial charge is 0.316 e. The molecule has 2 aromatic heterocycles. The van der Waals surface area contributed by atoms with Crippen LogP contribution in [0, 0.1) is 0 Å². The van der Waals surface area contributed by atoms with E-state index in [9.17, 15) is 4.79 Å². The molecule has 0 bridgehead atoms. The summed E-state index contributed by atoms with van der Waals surface area (Å²) in [6.45, 7) is 5.52. The van der Waals surface area contributed by atoms with Crippen molar-refractivity contribution in [2.75, 3.05) is 5.75 Å². The van der Waals surface area contributed by atoms with Gasteiger partial charge in [0.15, 0.2) is 0 Å². The zero-order valence-corrected chi connectivity index (χ0v) is 11.2. The topological polar surface area (TPSA) is 80.8 Å². The van der Waals surface area contributed by atoms with Gasteiger partial charge in [0.05, 0.1) is 11.9 Å². The van der Waals surface area contributed by atoms with E-state index in [4.69, 9.17) is 4.74 Å². The Morgan fingerprint density at radius 3 is 2.94 bits per heavy atom. The van der Waals surface area contributed by atoms with Gasteiger partial charge in [-0.2, -0.15) is 5.10 Å². The van der Waals surface area contributed by atoms with Crippen LogP contribution in [0.2, 0.25) is 0 Å². The van der Waals surface area contributed by atoms with Gasteiger partial charge in [-0.3, -0.25) is 9.89 Å². The van der Waals surface area contributed by atoms with Crippen molar-refractivity contribution in [1.82, 2.24) is 20.2 Å². The summed E-state index contributed by atoms with van der Waals surface area (Å²) in [5, 5.41) is 7.40. The molecule has 18 heavy (non-hydrogen) atoms. The molecule has 0 aliphatic heterocycles. The summed E-state index contributed by atoms with van der Waals surface area (Å²) in [6.07, 6.45) is 3.07. The number of H-pyrrole nitrogens is 1. The number of aromatic nitrogens is 4. The summed E-state index contributed by atoms with van der Waals surface area (Å²) >= 11 is 1.31. The number of hydrogen-bond donors (Lipinski definition) is 1. The standard InChI is InChI=1S/C11H14N4O2S/c1-11(2,3)17-8(16)5-18-10-9-7(4-14-15-9)12-6-13-10/h4,6H,5H2,1-3H3,(H,14,15). The largest absolute Gasteiger partial charge is 0.459 e. The number of aromatic amines is 1. The lowest BCUT2D eigenvalue weighted by atomic mass is 10.2. The van der Waals surface area contributed by atoms with Crippen molar-refractivity contribution >= 4 is 28.8 Å². The molecule has 2 rings (SSSR count). The SMILES string of the molecule is CC(C)(C)OC(=O)CSc1ncnc2cn[nH]c12. The fourth-order valence-electron chi connectivity index (χ4n) is 1.35. The van der Waals surface area contributed by atoms with E-state index >= 15 is 0 Å². The lowest BCUT2D eigenvalue weighted by molar-refractivity contribution is -0.151. The fraction of sp³-hybridized carbons (Fsp3) is 0.455. The van der Waals surface area contributed by atoms with Crippen LogP contribution in [0.25, 0.3) is 11.0 Å². The van der Waals surface area contributed by atoms with Crippen LogP contribution in [0.5, 0.6) is 0 Å². The highest BCUT2D eigenvalue weighted by Gasteiger charge is 2.17. The number of thioether (sulfide) groups is 1. The van der Waals surface area contributed by atoms with Gasteiger partial charge < -0.3 is 4.74 Å². The Kier molecular flexibility index (Phi) is 3.51. The van der Waals surface area contributed by atoms with E-state index in [0.717, 1.165) is 11.0 Å². The van der Waals surface area contributed by atoms with E-state index in [-0.39, 0.29) is 11.7 Å². The summed E-state index contributed by atoms with van der Waals surface area (Å²) in [4.78, 5) is 19.8. The van der Waals surface area contributed by atoms with Crippen LogP contribution in [-0.4, -0.2) is 37.5 Å². The molecular weight excluding hydrogens is 252 g/mol. The summed E-state index contributed by atoms with van der Waals surface area (Å²) in [5.74, 6) is -0.0543. The third kappa shape index (κ3) is 3.19. The maximum Gasteiger partial charge on any atom is 0.316 e. The summed E-state index contributed by atoms with van der Waals surface area (Å²) in [6, 6.07) is 0. The molecule has 0 saturated heterocycles. The van der Waals surface area contributed by atoms with Crippen LogP contribution in [0.1, 0.15) is 20.8 Å². The fourth-order valence-corrected chi connectivity index (χ4v) is 2.08. The molecule has 0 aromatic carbocycles. The van der Waals surface area contributed by atoms with Crippen molar-refractivity contribution < 1.29 is 9.53 Å². The molecule has 0 amide bonds. The number of ether oxygens (including phenoxy) is 1. The van der Waals surface area contributed by atoms with Gasteiger partial charge in [0.1, 0.15) is 28.0 Å². The molecule has 0 aliphatic rings. The Morgan fingerprint density at radius 1 is 1.44 bits per heavy atom. The summed E-state index contributed by atoms with van der Waals surface area (Å²) in [7, 11) is 0. The van der Waals surface area contributed by atoms with Gasteiger partial charge in [0.25, 0.3) is 0 Å². The van der Waals surface area contributed by atoms with Gasteiger partial charge in [-0.25, -0.2) is 9.97 Å². The molecule has 2 aromatic rings. The van der Waals surface area contributed by atoms with E-state index in [2.05, 4.69) is 20.2 Å². The predicted molar refractivity (Wildman–Crippen MR) is 68.3 cm³/mol. The van der Waals surface area contributed by atoms with Crippen LogP contribution < -0.4 is 0 Å². The van der Waals surface area contributed by atoms with E-state index in [0.29, 0.717) is 5.03 Å². The monoisotopic (exact) mass is 266 g/mol. The Labute approximate surface area is 109 Å². The molecule has 0 unspecified atom stereocenters. The van der Waals surface area contributed by atoms with Gasteiger partial charge in [0.2, 0.25) is 0 Å². The second-order valence-electron chi connectivity index (χ2n) is 4.68. The number of nitrogens with zero attached hydrogens (tertiary/aromatic N) is 3. The zero-order valence-electron chi connectivity index (χ0n) is 10.4. The van der Waals surface area contributed by atoms with Crippen molar-refractivity contribution in [2.24, 2.45) is 0 Å². The number of hydrogen-bond acceptors (Lipinski definition) is 6. The molecule has 0 atom stereocenters.